The molecule has 0 bridgehead atoms. The molecule has 1 fully saturated rings. The standard InChI is InChI=1S/C13H13NO4/c15-10-7-11(13(17)18)14(8-10)12(16)6-9-4-2-1-3-5-9/h1-5,11H,6-8H2,(H,17,18). The van der Waals surface area contributed by atoms with E-state index < -0.39 is 12.0 Å². The molecule has 0 aromatic heterocycles. The van der Waals surface area contributed by atoms with E-state index in [2.05, 4.69) is 0 Å². The maximum Gasteiger partial charge on any atom is 0.326 e. The van der Waals surface area contributed by atoms with E-state index in [0.717, 1.165) is 10.5 Å². The van der Waals surface area contributed by atoms with Crippen molar-refractivity contribution in [2.24, 2.45) is 0 Å². The van der Waals surface area contributed by atoms with Crippen LogP contribution in [0.3, 0.4) is 0 Å². The summed E-state index contributed by atoms with van der Waals surface area (Å²) in [5, 5.41) is 8.97. The largest absolute Gasteiger partial charge is 0.480 e. The summed E-state index contributed by atoms with van der Waals surface area (Å²) in [4.78, 5) is 35.4. The SMILES string of the molecule is O=C1CC(C(=O)O)N(C(=O)Cc2ccccc2)C1. The van der Waals surface area contributed by atoms with Crippen molar-refractivity contribution in [1.29, 1.82) is 0 Å². The van der Waals surface area contributed by atoms with E-state index >= 15 is 0 Å². The van der Waals surface area contributed by atoms with Gasteiger partial charge in [-0.25, -0.2) is 4.79 Å². The summed E-state index contributed by atoms with van der Waals surface area (Å²) < 4.78 is 0. The van der Waals surface area contributed by atoms with Crippen molar-refractivity contribution in [2.75, 3.05) is 6.54 Å². The highest BCUT2D eigenvalue weighted by Crippen LogP contribution is 2.16. The van der Waals surface area contributed by atoms with Gasteiger partial charge in [0.1, 0.15) is 6.04 Å². The first-order valence-corrected chi connectivity index (χ1v) is 5.66. The van der Waals surface area contributed by atoms with Crippen LogP contribution in [0, 0.1) is 0 Å². The summed E-state index contributed by atoms with van der Waals surface area (Å²) in [6, 6.07) is 8.05. The van der Waals surface area contributed by atoms with Crippen LogP contribution >= 0.6 is 0 Å². The fraction of sp³-hybridized carbons (Fsp3) is 0.308. The number of carboxylic acids is 1. The molecule has 1 atom stereocenters. The maximum atomic E-state index is 12.0. The minimum Gasteiger partial charge on any atom is -0.480 e. The molecule has 1 saturated heterocycles. The summed E-state index contributed by atoms with van der Waals surface area (Å²) in [5.41, 5.74) is 0.811. The number of carboxylic acid groups (broad SMARTS) is 1. The number of rotatable bonds is 3. The van der Waals surface area contributed by atoms with Gasteiger partial charge in [0.15, 0.2) is 5.78 Å². The van der Waals surface area contributed by atoms with Gasteiger partial charge >= 0.3 is 5.97 Å². The molecule has 1 aromatic rings. The van der Waals surface area contributed by atoms with E-state index in [1.807, 2.05) is 18.2 Å². The van der Waals surface area contributed by atoms with Crippen LogP contribution in [-0.4, -0.2) is 40.3 Å². The zero-order valence-corrected chi connectivity index (χ0v) is 9.70. The van der Waals surface area contributed by atoms with Crippen LogP contribution in [0.15, 0.2) is 30.3 Å². The molecular formula is C13H13NO4. The second-order valence-electron chi connectivity index (χ2n) is 4.28. The Labute approximate surface area is 104 Å². The van der Waals surface area contributed by atoms with Gasteiger partial charge in [0.2, 0.25) is 5.91 Å². The number of hydrogen-bond acceptors (Lipinski definition) is 3. The fourth-order valence-corrected chi connectivity index (χ4v) is 2.05. The summed E-state index contributed by atoms with van der Waals surface area (Å²) in [7, 11) is 0. The van der Waals surface area contributed by atoms with Crippen molar-refractivity contribution in [3.8, 4) is 0 Å². The van der Waals surface area contributed by atoms with Gasteiger partial charge in [0, 0.05) is 6.42 Å². The Morgan fingerprint density at radius 3 is 2.56 bits per heavy atom. The molecule has 1 heterocycles. The molecular weight excluding hydrogens is 234 g/mol. The highest BCUT2D eigenvalue weighted by Gasteiger charge is 2.38. The zero-order valence-electron chi connectivity index (χ0n) is 9.70. The molecule has 1 N–H and O–H groups in total. The van der Waals surface area contributed by atoms with Crippen molar-refractivity contribution in [2.45, 2.75) is 18.9 Å². The van der Waals surface area contributed by atoms with E-state index in [0.29, 0.717) is 0 Å². The van der Waals surface area contributed by atoms with E-state index in [1.165, 1.54) is 0 Å². The predicted molar refractivity (Wildman–Crippen MR) is 62.9 cm³/mol. The lowest BCUT2D eigenvalue weighted by Crippen LogP contribution is -2.41. The number of nitrogens with zero attached hydrogens (tertiary/aromatic N) is 1. The number of hydrogen-bond donors (Lipinski definition) is 1. The lowest BCUT2D eigenvalue weighted by Gasteiger charge is -2.20. The second kappa shape index (κ2) is 5.00. The van der Waals surface area contributed by atoms with Crippen LogP contribution in [0.1, 0.15) is 12.0 Å². The number of Topliss-reactive ketones (excluding diaryl/α,β-unsaturated/α-hetero) is 1. The Bertz CT molecular complexity index is 483. The van der Waals surface area contributed by atoms with Gasteiger partial charge in [-0.15, -0.1) is 0 Å². The average molecular weight is 247 g/mol. The topological polar surface area (TPSA) is 74.7 Å². The summed E-state index contributed by atoms with van der Waals surface area (Å²) in [5.74, 6) is -1.65. The Hall–Kier alpha value is -2.17. The number of benzene rings is 1. The molecule has 0 radical (unpaired) electrons. The number of amides is 1. The zero-order chi connectivity index (χ0) is 13.1. The minimum absolute atomic E-state index is 0.0874. The van der Waals surface area contributed by atoms with Crippen LogP contribution in [0.25, 0.3) is 0 Å². The van der Waals surface area contributed by atoms with Crippen molar-refractivity contribution in [3.05, 3.63) is 35.9 Å². The van der Waals surface area contributed by atoms with Gasteiger partial charge in [-0.05, 0) is 5.56 Å². The van der Waals surface area contributed by atoms with Crippen LogP contribution < -0.4 is 0 Å². The third kappa shape index (κ3) is 2.56. The molecule has 1 aromatic carbocycles. The molecule has 1 aliphatic rings. The third-order valence-electron chi connectivity index (χ3n) is 2.95. The third-order valence-corrected chi connectivity index (χ3v) is 2.95. The predicted octanol–water partition coefficient (Wildman–Crippen LogP) is 0.484. The van der Waals surface area contributed by atoms with Gasteiger partial charge in [-0.3, -0.25) is 9.59 Å². The Balaban J connectivity index is 2.09. The Kier molecular flexibility index (Phi) is 3.41. The molecule has 1 amide bonds. The highest BCUT2D eigenvalue weighted by atomic mass is 16.4. The fourth-order valence-electron chi connectivity index (χ4n) is 2.05. The average Bonchev–Trinajstić information content (AvgIpc) is 2.73. The molecule has 1 unspecified atom stereocenters. The van der Waals surface area contributed by atoms with Gasteiger partial charge in [-0.2, -0.15) is 0 Å². The minimum atomic E-state index is -1.12. The Morgan fingerprint density at radius 2 is 1.94 bits per heavy atom. The number of ketones is 1. The second-order valence-corrected chi connectivity index (χ2v) is 4.28. The number of carbonyl (C=O) groups is 3. The smallest absolute Gasteiger partial charge is 0.326 e. The molecule has 2 rings (SSSR count). The highest BCUT2D eigenvalue weighted by molar-refractivity contribution is 5.97. The first-order chi connectivity index (χ1) is 8.58. The van der Waals surface area contributed by atoms with Crippen LogP contribution in [0.5, 0.6) is 0 Å². The van der Waals surface area contributed by atoms with E-state index in [9.17, 15) is 14.4 Å². The van der Waals surface area contributed by atoms with E-state index in [1.54, 1.807) is 12.1 Å². The van der Waals surface area contributed by atoms with Crippen molar-refractivity contribution >= 4 is 17.7 Å². The van der Waals surface area contributed by atoms with Gasteiger partial charge in [0.05, 0.1) is 13.0 Å². The van der Waals surface area contributed by atoms with Crippen molar-refractivity contribution in [1.82, 2.24) is 4.90 Å². The summed E-state index contributed by atoms with van der Waals surface area (Å²) >= 11 is 0. The quantitative estimate of drug-likeness (QED) is 0.843. The molecule has 18 heavy (non-hydrogen) atoms. The number of likely N-dealkylation sites (tertiary alicyclic amines) is 1. The van der Waals surface area contributed by atoms with Crippen LogP contribution in [-0.2, 0) is 20.8 Å². The molecule has 0 aliphatic carbocycles. The Morgan fingerprint density at radius 1 is 1.28 bits per heavy atom. The number of carbonyl (C=O) groups excluding carboxylic acids is 2. The monoisotopic (exact) mass is 247 g/mol. The molecule has 5 heteroatoms. The molecule has 5 nitrogen and oxygen atoms in total. The van der Waals surface area contributed by atoms with Gasteiger partial charge in [-0.1, -0.05) is 30.3 Å². The number of aliphatic carboxylic acids is 1. The van der Waals surface area contributed by atoms with Crippen LogP contribution in [0.2, 0.25) is 0 Å². The molecule has 94 valence electrons. The van der Waals surface area contributed by atoms with E-state index in [4.69, 9.17) is 5.11 Å². The van der Waals surface area contributed by atoms with Crippen molar-refractivity contribution in [3.63, 3.8) is 0 Å². The normalized spacial score (nSPS) is 19.0. The first-order valence-electron chi connectivity index (χ1n) is 5.66. The van der Waals surface area contributed by atoms with Crippen LogP contribution in [0.4, 0.5) is 0 Å². The summed E-state index contributed by atoms with van der Waals surface area (Å²) in [6.07, 6.45) is 0.0355. The van der Waals surface area contributed by atoms with Gasteiger partial charge < -0.3 is 10.0 Å². The van der Waals surface area contributed by atoms with Crippen molar-refractivity contribution < 1.29 is 19.5 Å². The summed E-state index contributed by atoms with van der Waals surface area (Å²) in [6.45, 7) is -0.0946. The first kappa shape index (κ1) is 12.3. The van der Waals surface area contributed by atoms with E-state index in [-0.39, 0.29) is 31.1 Å². The maximum absolute atomic E-state index is 12.0. The lowest BCUT2D eigenvalue weighted by molar-refractivity contribution is -0.148. The lowest BCUT2D eigenvalue weighted by atomic mass is 10.1. The molecule has 0 spiro atoms. The molecule has 0 saturated carbocycles. The van der Waals surface area contributed by atoms with Gasteiger partial charge in [0.25, 0.3) is 0 Å². The molecule has 1 aliphatic heterocycles.